The first-order chi connectivity index (χ1) is 10.3. The molecule has 0 fully saturated rings. The highest BCUT2D eigenvalue weighted by Gasteiger charge is 1.97. The molecule has 0 bridgehead atoms. The Balaban J connectivity index is 2.96. The molecule has 2 heteroatoms. The minimum Gasteiger partial charge on any atom is -0.395 e. The topological polar surface area (TPSA) is 32.3 Å². The lowest BCUT2D eigenvalue weighted by Crippen LogP contribution is -2.29. The maximum absolute atomic E-state index is 8.89. The van der Waals surface area contributed by atoms with Crippen molar-refractivity contribution in [2.45, 2.75) is 110 Å². The molecule has 1 atom stereocenters. The van der Waals surface area contributed by atoms with Crippen molar-refractivity contribution in [3.63, 3.8) is 0 Å². The van der Waals surface area contributed by atoms with Crippen LogP contribution in [0.2, 0.25) is 0 Å². The number of aliphatic hydroxyl groups excluding tert-OH is 1. The monoisotopic (exact) mass is 299 g/mol. The molecule has 0 amide bonds. The van der Waals surface area contributed by atoms with Crippen molar-refractivity contribution in [3.05, 3.63) is 0 Å². The Morgan fingerprint density at radius 1 is 0.667 bits per heavy atom. The third-order valence-corrected chi connectivity index (χ3v) is 4.30. The van der Waals surface area contributed by atoms with Crippen LogP contribution in [0.1, 0.15) is 104 Å². The molecule has 128 valence electrons. The zero-order chi connectivity index (χ0) is 15.6. The molecule has 0 rings (SSSR count). The summed E-state index contributed by atoms with van der Waals surface area (Å²) in [6.45, 7) is 5.62. The Bertz CT molecular complexity index is 184. The molecule has 0 radical (unpaired) electrons. The fraction of sp³-hybridized carbons (Fsp3) is 1.00. The van der Waals surface area contributed by atoms with Crippen LogP contribution in [0, 0.1) is 0 Å². The smallest absolute Gasteiger partial charge is 0.0581 e. The highest BCUT2D eigenvalue weighted by atomic mass is 16.3. The van der Waals surface area contributed by atoms with E-state index in [1.807, 2.05) is 6.92 Å². The summed E-state index contributed by atoms with van der Waals surface area (Å²) >= 11 is 0. The largest absolute Gasteiger partial charge is 0.395 e. The fourth-order valence-electron chi connectivity index (χ4n) is 2.73. The van der Waals surface area contributed by atoms with Crippen molar-refractivity contribution < 1.29 is 5.11 Å². The molecule has 0 aromatic rings. The van der Waals surface area contributed by atoms with Gasteiger partial charge in [0.05, 0.1) is 6.61 Å². The lowest BCUT2D eigenvalue weighted by molar-refractivity contribution is 0.251. The van der Waals surface area contributed by atoms with Crippen molar-refractivity contribution in [1.82, 2.24) is 5.32 Å². The molecule has 0 unspecified atom stereocenters. The molecule has 0 heterocycles. The molecular weight excluding hydrogens is 258 g/mol. The van der Waals surface area contributed by atoms with Crippen LogP contribution in [0.25, 0.3) is 0 Å². The van der Waals surface area contributed by atoms with E-state index in [1.165, 1.54) is 89.9 Å². The van der Waals surface area contributed by atoms with Crippen LogP contribution in [0.3, 0.4) is 0 Å². The molecule has 0 aliphatic heterocycles. The zero-order valence-corrected chi connectivity index (χ0v) is 14.8. The first-order valence-corrected chi connectivity index (χ1v) is 9.65. The maximum Gasteiger partial charge on any atom is 0.0581 e. The average molecular weight is 300 g/mol. The SMILES string of the molecule is CCCCCCCCCCCCCCCCN[C@@H](C)CO. The Kier molecular flexibility index (Phi) is 17.9. The summed E-state index contributed by atoms with van der Waals surface area (Å²) in [5, 5.41) is 12.2. The fourth-order valence-corrected chi connectivity index (χ4v) is 2.73. The third-order valence-electron chi connectivity index (χ3n) is 4.30. The van der Waals surface area contributed by atoms with Gasteiger partial charge in [-0.1, -0.05) is 90.4 Å². The molecule has 21 heavy (non-hydrogen) atoms. The van der Waals surface area contributed by atoms with E-state index < -0.39 is 0 Å². The van der Waals surface area contributed by atoms with Gasteiger partial charge >= 0.3 is 0 Å². The summed E-state index contributed by atoms with van der Waals surface area (Å²) in [6, 6.07) is 0.256. The highest BCUT2D eigenvalue weighted by Crippen LogP contribution is 2.12. The van der Waals surface area contributed by atoms with Gasteiger partial charge < -0.3 is 10.4 Å². The lowest BCUT2D eigenvalue weighted by atomic mass is 10.0. The van der Waals surface area contributed by atoms with Crippen LogP contribution < -0.4 is 5.32 Å². The van der Waals surface area contributed by atoms with Crippen molar-refractivity contribution >= 4 is 0 Å². The van der Waals surface area contributed by atoms with E-state index in [0.29, 0.717) is 0 Å². The summed E-state index contributed by atoms with van der Waals surface area (Å²) in [5.41, 5.74) is 0. The number of aliphatic hydroxyl groups is 1. The molecule has 0 aromatic heterocycles. The van der Waals surface area contributed by atoms with Crippen LogP contribution in [-0.4, -0.2) is 24.3 Å². The van der Waals surface area contributed by atoms with Gasteiger partial charge in [-0.15, -0.1) is 0 Å². The highest BCUT2D eigenvalue weighted by molar-refractivity contribution is 4.57. The third kappa shape index (κ3) is 17.9. The number of unbranched alkanes of at least 4 members (excludes halogenated alkanes) is 13. The summed E-state index contributed by atoms with van der Waals surface area (Å²) in [6.07, 6.45) is 19.7. The van der Waals surface area contributed by atoms with E-state index in [1.54, 1.807) is 0 Å². The van der Waals surface area contributed by atoms with Crippen molar-refractivity contribution in [2.24, 2.45) is 0 Å². The zero-order valence-electron chi connectivity index (χ0n) is 14.8. The summed E-state index contributed by atoms with van der Waals surface area (Å²) in [4.78, 5) is 0. The summed E-state index contributed by atoms with van der Waals surface area (Å²) in [7, 11) is 0. The molecule has 2 N–H and O–H groups in total. The first-order valence-electron chi connectivity index (χ1n) is 9.65. The van der Waals surface area contributed by atoms with Gasteiger partial charge in [0.15, 0.2) is 0 Å². The van der Waals surface area contributed by atoms with Gasteiger partial charge in [0.25, 0.3) is 0 Å². The minimum atomic E-state index is 0.249. The second-order valence-corrected chi connectivity index (χ2v) is 6.63. The molecule has 0 aliphatic carbocycles. The predicted octanol–water partition coefficient (Wildman–Crippen LogP) is 5.44. The molecule has 0 aliphatic rings. The van der Waals surface area contributed by atoms with Gasteiger partial charge in [0.1, 0.15) is 0 Å². The van der Waals surface area contributed by atoms with Crippen molar-refractivity contribution in [3.8, 4) is 0 Å². The van der Waals surface area contributed by atoms with Crippen molar-refractivity contribution in [2.75, 3.05) is 13.2 Å². The Morgan fingerprint density at radius 2 is 1.05 bits per heavy atom. The van der Waals surface area contributed by atoms with Gasteiger partial charge in [-0.25, -0.2) is 0 Å². The molecule has 0 aromatic carbocycles. The second-order valence-electron chi connectivity index (χ2n) is 6.63. The summed E-state index contributed by atoms with van der Waals surface area (Å²) < 4.78 is 0. The first kappa shape index (κ1) is 20.9. The molecule has 0 saturated heterocycles. The molecular formula is C19H41NO. The quantitative estimate of drug-likeness (QED) is 0.351. The normalized spacial score (nSPS) is 12.7. The van der Waals surface area contributed by atoms with Gasteiger partial charge in [-0.2, -0.15) is 0 Å². The maximum atomic E-state index is 8.89. The lowest BCUT2D eigenvalue weighted by Gasteiger charge is -2.09. The van der Waals surface area contributed by atoms with Gasteiger partial charge in [-0.3, -0.25) is 0 Å². The standard InChI is InChI=1S/C19H41NO/c1-3-4-5-6-7-8-9-10-11-12-13-14-15-16-17-20-19(2)18-21/h19-21H,3-18H2,1-2H3/t19-/m0/s1. The molecule has 0 saturated carbocycles. The predicted molar refractivity (Wildman–Crippen MR) is 94.9 cm³/mol. The van der Waals surface area contributed by atoms with Gasteiger partial charge in [-0.05, 0) is 19.9 Å². The van der Waals surface area contributed by atoms with Crippen LogP contribution in [-0.2, 0) is 0 Å². The molecule has 2 nitrogen and oxygen atoms in total. The van der Waals surface area contributed by atoms with E-state index in [2.05, 4.69) is 12.2 Å². The second kappa shape index (κ2) is 18.0. The molecule has 0 spiro atoms. The van der Waals surface area contributed by atoms with E-state index in [9.17, 15) is 0 Å². The van der Waals surface area contributed by atoms with Gasteiger partial charge in [0, 0.05) is 6.04 Å². The Morgan fingerprint density at radius 3 is 1.43 bits per heavy atom. The summed E-state index contributed by atoms with van der Waals surface area (Å²) in [5.74, 6) is 0. The average Bonchev–Trinajstić information content (AvgIpc) is 2.50. The van der Waals surface area contributed by atoms with Crippen LogP contribution in [0.15, 0.2) is 0 Å². The van der Waals surface area contributed by atoms with Crippen molar-refractivity contribution in [1.29, 1.82) is 0 Å². The van der Waals surface area contributed by atoms with E-state index in [-0.39, 0.29) is 12.6 Å². The number of rotatable bonds is 17. The number of hydrogen-bond donors (Lipinski definition) is 2. The minimum absolute atomic E-state index is 0.249. The van der Waals surface area contributed by atoms with E-state index >= 15 is 0 Å². The van der Waals surface area contributed by atoms with Crippen LogP contribution in [0.5, 0.6) is 0 Å². The number of hydrogen-bond acceptors (Lipinski definition) is 2. The Labute approximate surface area is 134 Å². The van der Waals surface area contributed by atoms with E-state index in [0.717, 1.165) is 6.54 Å². The van der Waals surface area contributed by atoms with Crippen LogP contribution in [0.4, 0.5) is 0 Å². The number of nitrogens with one attached hydrogen (secondary N) is 1. The van der Waals surface area contributed by atoms with Crippen LogP contribution >= 0.6 is 0 Å². The van der Waals surface area contributed by atoms with Gasteiger partial charge in [0.2, 0.25) is 0 Å². The van der Waals surface area contributed by atoms with E-state index in [4.69, 9.17) is 5.11 Å². The Hall–Kier alpha value is -0.0800.